The smallest absolute Gasteiger partial charge is 0.253 e. The first-order valence-electron chi connectivity index (χ1n) is 9.18. The van der Waals surface area contributed by atoms with Crippen molar-refractivity contribution in [3.63, 3.8) is 0 Å². The maximum absolute atomic E-state index is 13.8. The van der Waals surface area contributed by atoms with Gasteiger partial charge in [0.2, 0.25) is 5.91 Å². The first-order valence-corrected chi connectivity index (χ1v) is 9.18. The Bertz CT molecular complexity index is 850. The zero-order chi connectivity index (χ0) is 19.9. The molecule has 6 nitrogen and oxygen atoms in total. The SMILES string of the molecule is COc1ccc(CC(=O)Nc2ccccc2C(=O)NCC2CCCO2)cc1F. The lowest BCUT2D eigenvalue weighted by atomic mass is 10.1. The Morgan fingerprint density at radius 2 is 2.07 bits per heavy atom. The number of carbonyl (C=O) groups excluding carboxylic acids is 2. The number of methoxy groups -OCH3 is 1. The van der Waals surface area contributed by atoms with Crippen LogP contribution in [0.3, 0.4) is 0 Å². The largest absolute Gasteiger partial charge is 0.494 e. The van der Waals surface area contributed by atoms with Crippen LogP contribution in [0.1, 0.15) is 28.8 Å². The maximum Gasteiger partial charge on any atom is 0.253 e. The summed E-state index contributed by atoms with van der Waals surface area (Å²) in [7, 11) is 1.38. The van der Waals surface area contributed by atoms with Gasteiger partial charge in [-0.05, 0) is 42.7 Å². The standard InChI is InChI=1S/C21H23FN2O4/c1-27-19-9-8-14(11-17(19)22)12-20(25)24-18-7-3-2-6-16(18)21(26)23-13-15-5-4-10-28-15/h2-3,6-9,11,15H,4-5,10,12-13H2,1H3,(H,23,26)(H,24,25). The fraction of sp³-hybridized carbons (Fsp3) is 0.333. The van der Waals surface area contributed by atoms with Crippen LogP contribution in [0.5, 0.6) is 5.75 Å². The molecule has 1 aliphatic rings. The summed E-state index contributed by atoms with van der Waals surface area (Å²) in [5.74, 6) is -1.02. The van der Waals surface area contributed by atoms with Crippen molar-refractivity contribution >= 4 is 17.5 Å². The van der Waals surface area contributed by atoms with Crippen LogP contribution < -0.4 is 15.4 Å². The molecule has 7 heteroatoms. The third-order valence-corrected chi connectivity index (χ3v) is 4.54. The number of anilines is 1. The first kappa shape index (κ1) is 19.8. The van der Waals surface area contributed by atoms with Gasteiger partial charge in [-0.25, -0.2) is 4.39 Å². The number of hydrogen-bond acceptors (Lipinski definition) is 4. The van der Waals surface area contributed by atoms with Crippen LogP contribution in [-0.4, -0.2) is 38.2 Å². The average molecular weight is 386 g/mol. The number of amides is 2. The van der Waals surface area contributed by atoms with Crippen LogP contribution in [-0.2, 0) is 16.0 Å². The van der Waals surface area contributed by atoms with Gasteiger partial charge in [0, 0.05) is 13.2 Å². The zero-order valence-corrected chi connectivity index (χ0v) is 15.7. The Labute approximate surface area is 163 Å². The molecule has 0 bridgehead atoms. The molecule has 0 radical (unpaired) electrons. The highest BCUT2D eigenvalue weighted by molar-refractivity contribution is 6.04. The Balaban J connectivity index is 1.62. The van der Waals surface area contributed by atoms with Gasteiger partial charge in [0.05, 0.1) is 30.9 Å². The second-order valence-corrected chi connectivity index (χ2v) is 6.58. The molecular formula is C21H23FN2O4. The third kappa shape index (κ3) is 5.07. The van der Waals surface area contributed by atoms with Crippen molar-refractivity contribution in [3.05, 3.63) is 59.4 Å². The lowest BCUT2D eigenvalue weighted by molar-refractivity contribution is -0.115. The van der Waals surface area contributed by atoms with Crippen LogP contribution in [0.4, 0.5) is 10.1 Å². The molecule has 2 aromatic rings. The summed E-state index contributed by atoms with van der Waals surface area (Å²) in [4.78, 5) is 24.9. The molecular weight excluding hydrogens is 363 g/mol. The molecule has 148 valence electrons. The van der Waals surface area contributed by atoms with Crippen LogP contribution >= 0.6 is 0 Å². The van der Waals surface area contributed by atoms with Gasteiger partial charge in [-0.2, -0.15) is 0 Å². The van der Waals surface area contributed by atoms with Gasteiger partial charge < -0.3 is 20.1 Å². The molecule has 0 spiro atoms. The van der Waals surface area contributed by atoms with Gasteiger partial charge in [0.1, 0.15) is 0 Å². The normalized spacial score (nSPS) is 15.9. The number of benzene rings is 2. The minimum Gasteiger partial charge on any atom is -0.494 e. The van der Waals surface area contributed by atoms with Crippen molar-refractivity contribution in [2.75, 3.05) is 25.6 Å². The first-order chi connectivity index (χ1) is 13.6. The van der Waals surface area contributed by atoms with Crippen molar-refractivity contribution in [3.8, 4) is 5.75 Å². The number of ether oxygens (including phenoxy) is 2. The lowest BCUT2D eigenvalue weighted by Gasteiger charge is -2.14. The highest BCUT2D eigenvalue weighted by Crippen LogP contribution is 2.19. The molecule has 0 aliphatic carbocycles. The topological polar surface area (TPSA) is 76.7 Å². The van der Waals surface area contributed by atoms with Crippen molar-refractivity contribution in [1.29, 1.82) is 0 Å². The van der Waals surface area contributed by atoms with Crippen LogP contribution in [0, 0.1) is 5.82 Å². The molecule has 3 rings (SSSR count). The number of halogens is 1. The molecule has 1 aliphatic heterocycles. The molecule has 0 saturated carbocycles. The van der Waals surface area contributed by atoms with E-state index in [-0.39, 0.29) is 30.1 Å². The monoisotopic (exact) mass is 386 g/mol. The Kier molecular flexibility index (Phi) is 6.60. The number of hydrogen-bond donors (Lipinski definition) is 2. The Morgan fingerprint density at radius 3 is 2.79 bits per heavy atom. The van der Waals surface area contributed by atoms with E-state index in [0.717, 1.165) is 19.4 Å². The molecule has 1 saturated heterocycles. The second-order valence-electron chi connectivity index (χ2n) is 6.58. The molecule has 1 heterocycles. The van der Waals surface area contributed by atoms with E-state index in [1.165, 1.54) is 19.2 Å². The molecule has 2 amide bonds. The van der Waals surface area contributed by atoms with Gasteiger partial charge in [-0.1, -0.05) is 18.2 Å². The van der Waals surface area contributed by atoms with E-state index in [0.29, 0.717) is 23.4 Å². The summed E-state index contributed by atoms with van der Waals surface area (Å²) >= 11 is 0. The van der Waals surface area contributed by atoms with Crippen LogP contribution in [0.25, 0.3) is 0 Å². The van der Waals surface area contributed by atoms with Gasteiger partial charge in [-0.3, -0.25) is 9.59 Å². The molecule has 1 fully saturated rings. The van der Waals surface area contributed by atoms with E-state index in [4.69, 9.17) is 9.47 Å². The predicted octanol–water partition coefficient (Wildman–Crippen LogP) is 2.92. The van der Waals surface area contributed by atoms with Gasteiger partial charge in [0.15, 0.2) is 11.6 Å². The van der Waals surface area contributed by atoms with Crippen molar-refractivity contribution in [2.45, 2.75) is 25.4 Å². The zero-order valence-electron chi connectivity index (χ0n) is 15.7. The molecule has 1 unspecified atom stereocenters. The number of para-hydroxylation sites is 1. The van der Waals surface area contributed by atoms with Crippen LogP contribution in [0.2, 0.25) is 0 Å². The summed E-state index contributed by atoms with van der Waals surface area (Å²) in [5, 5.41) is 5.58. The number of rotatable bonds is 7. The van der Waals surface area contributed by atoms with E-state index in [2.05, 4.69) is 10.6 Å². The fourth-order valence-electron chi connectivity index (χ4n) is 3.10. The summed E-state index contributed by atoms with van der Waals surface area (Å²) < 4.78 is 24.2. The van der Waals surface area contributed by atoms with Gasteiger partial charge in [-0.15, -0.1) is 0 Å². The second kappa shape index (κ2) is 9.32. The van der Waals surface area contributed by atoms with Gasteiger partial charge >= 0.3 is 0 Å². The van der Waals surface area contributed by atoms with Gasteiger partial charge in [0.25, 0.3) is 5.91 Å². The predicted molar refractivity (Wildman–Crippen MR) is 103 cm³/mol. The Morgan fingerprint density at radius 1 is 1.25 bits per heavy atom. The highest BCUT2D eigenvalue weighted by atomic mass is 19.1. The number of nitrogens with one attached hydrogen (secondary N) is 2. The summed E-state index contributed by atoms with van der Waals surface area (Å²) in [6.45, 7) is 1.16. The van der Waals surface area contributed by atoms with E-state index < -0.39 is 5.82 Å². The Hall–Kier alpha value is -2.93. The average Bonchev–Trinajstić information content (AvgIpc) is 3.20. The third-order valence-electron chi connectivity index (χ3n) is 4.54. The molecule has 28 heavy (non-hydrogen) atoms. The minimum atomic E-state index is -0.526. The molecule has 1 atom stereocenters. The highest BCUT2D eigenvalue weighted by Gasteiger charge is 2.18. The summed E-state index contributed by atoms with van der Waals surface area (Å²) in [6.07, 6.45) is 1.94. The number of carbonyl (C=O) groups is 2. The van der Waals surface area contributed by atoms with Crippen molar-refractivity contribution in [2.24, 2.45) is 0 Å². The van der Waals surface area contributed by atoms with E-state index in [1.54, 1.807) is 30.3 Å². The molecule has 0 aromatic heterocycles. The van der Waals surface area contributed by atoms with E-state index in [1.807, 2.05) is 0 Å². The maximum atomic E-state index is 13.8. The van der Waals surface area contributed by atoms with Crippen molar-refractivity contribution < 1.29 is 23.5 Å². The van der Waals surface area contributed by atoms with Crippen LogP contribution in [0.15, 0.2) is 42.5 Å². The summed E-state index contributed by atoms with van der Waals surface area (Å²) in [6, 6.07) is 11.1. The summed E-state index contributed by atoms with van der Waals surface area (Å²) in [5.41, 5.74) is 1.29. The quantitative estimate of drug-likeness (QED) is 0.767. The van der Waals surface area contributed by atoms with E-state index in [9.17, 15) is 14.0 Å². The lowest BCUT2D eigenvalue weighted by Crippen LogP contribution is -2.32. The minimum absolute atomic E-state index is 0.0210. The van der Waals surface area contributed by atoms with E-state index >= 15 is 0 Å². The fourth-order valence-corrected chi connectivity index (χ4v) is 3.10. The molecule has 2 aromatic carbocycles. The molecule has 2 N–H and O–H groups in total. The van der Waals surface area contributed by atoms with Crippen molar-refractivity contribution in [1.82, 2.24) is 5.32 Å².